The molecule has 0 aromatic heterocycles. The van der Waals surface area contributed by atoms with E-state index >= 15 is 0 Å². The zero-order chi connectivity index (χ0) is 11.7. The zero-order valence-electron chi connectivity index (χ0n) is 8.52. The maximum Gasteiger partial charge on any atom is 0.305 e. The van der Waals surface area contributed by atoms with Gasteiger partial charge in [-0.2, -0.15) is 0 Å². The van der Waals surface area contributed by atoms with Crippen LogP contribution in [0.1, 0.15) is 26.2 Å². The minimum Gasteiger partial charge on any atom is -0.466 e. The van der Waals surface area contributed by atoms with Crippen molar-refractivity contribution in [2.45, 2.75) is 26.2 Å². The van der Waals surface area contributed by atoms with E-state index in [0.717, 1.165) is 0 Å². The first-order valence-corrected chi connectivity index (χ1v) is 4.53. The van der Waals surface area contributed by atoms with Gasteiger partial charge in [-0.3, -0.25) is 14.9 Å². The van der Waals surface area contributed by atoms with Crippen LogP contribution in [0.3, 0.4) is 0 Å². The number of guanidine groups is 1. The zero-order valence-corrected chi connectivity index (χ0v) is 8.52. The van der Waals surface area contributed by atoms with E-state index in [1.807, 2.05) is 0 Å². The molecule has 4 N–H and O–H groups in total. The van der Waals surface area contributed by atoms with Crippen LogP contribution in [0.5, 0.6) is 0 Å². The number of oxime groups is 1. The lowest BCUT2D eigenvalue weighted by atomic mass is 10.2. The molecule has 0 bridgehead atoms. The second-order valence-corrected chi connectivity index (χ2v) is 2.69. The van der Waals surface area contributed by atoms with Crippen LogP contribution in [0.25, 0.3) is 0 Å². The molecule has 0 spiro atoms. The summed E-state index contributed by atoms with van der Waals surface area (Å²) in [6.07, 6.45) is 0.663. The van der Waals surface area contributed by atoms with Crippen molar-refractivity contribution < 1.29 is 19.5 Å². The normalized spacial score (nSPS) is 10.9. The second kappa shape index (κ2) is 7.60. The molecule has 0 aromatic rings. The standard InChI is InChI=1S/C8H15N3O4/c1-2-15-7(13)5-3-4-6(12)10-8(9)11-14/h14H,2-5H2,1H3,(H3,9,10,11,12). The molecule has 0 unspecified atom stereocenters. The highest BCUT2D eigenvalue weighted by Gasteiger charge is 2.06. The number of hydrogen-bond donors (Lipinski definition) is 3. The van der Waals surface area contributed by atoms with Gasteiger partial charge >= 0.3 is 5.97 Å². The van der Waals surface area contributed by atoms with Crippen LogP contribution in [-0.2, 0) is 14.3 Å². The largest absolute Gasteiger partial charge is 0.466 e. The summed E-state index contributed by atoms with van der Waals surface area (Å²) in [5, 5.41) is 12.8. The highest BCUT2D eigenvalue weighted by molar-refractivity contribution is 5.95. The summed E-state index contributed by atoms with van der Waals surface area (Å²) in [5.74, 6) is -1.11. The molecule has 7 nitrogen and oxygen atoms in total. The average Bonchev–Trinajstić information content (AvgIpc) is 2.18. The van der Waals surface area contributed by atoms with E-state index in [9.17, 15) is 9.59 Å². The van der Waals surface area contributed by atoms with Gasteiger partial charge < -0.3 is 15.7 Å². The van der Waals surface area contributed by atoms with Crippen LogP contribution >= 0.6 is 0 Å². The summed E-state index contributed by atoms with van der Waals surface area (Å²) in [6, 6.07) is 0. The Morgan fingerprint density at radius 2 is 2.13 bits per heavy atom. The Balaban J connectivity index is 3.59. The third-order valence-corrected chi connectivity index (χ3v) is 1.47. The third kappa shape index (κ3) is 7.29. The molecule has 1 amide bonds. The molecule has 0 atom stereocenters. The molecule has 0 aliphatic rings. The van der Waals surface area contributed by atoms with Crippen LogP contribution in [0.2, 0.25) is 0 Å². The van der Waals surface area contributed by atoms with Crippen molar-refractivity contribution >= 4 is 17.8 Å². The Hall–Kier alpha value is -1.79. The smallest absolute Gasteiger partial charge is 0.305 e. The number of nitrogens with two attached hydrogens (primary N) is 1. The molecule has 7 heteroatoms. The van der Waals surface area contributed by atoms with Gasteiger partial charge in [-0.05, 0) is 13.3 Å². The molecule has 0 rings (SSSR count). The number of nitrogens with zero attached hydrogens (tertiary/aromatic N) is 1. The number of esters is 1. The quantitative estimate of drug-likeness (QED) is 0.189. The van der Waals surface area contributed by atoms with E-state index in [1.165, 1.54) is 0 Å². The Morgan fingerprint density at radius 3 is 2.67 bits per heavy atom. The second-order valence-electron chi connectivity index (χ2n) is 2.69. The van der Waals surface area contributed by atoms with Gasteiger partial charge in [0, 0.05) is 12.8 Å². The van der Waals surface area contributed by atoms with Crippen LogP contribution in [-0.4, -0.2) is 29.7 Å². The summed E-state index contributed by atoms with van der Waals surface area (Å²) < 4.78 is 4.67. The molecule has 0 aromatic carbocycles. The predicted octanol–water partition coefficient (Wildman–Crippen LogP) is -0.460. The number of hydrogen-bond acceptors (Lipinski definition) is 5. The number of amides is 1. The van der Waals surface area contributed by atoms with E-state index in [-0.39, 0.29) is 24.8 Å². The minimum atomic E-state index is -0.408. The van der Waals surface area contributed by atoms with Crippen LogP contribution < -0.4 is 11.1 Å². The summed E-state index contributed by atoms with van der Waals surface area (Å²) in [7, 11) is 0. The molecule has 0 heterocycles. The van der Waals surface area contributed by atoms with E-state index in [2.05, 4.69) is 15.2 Å². The molecule has 0 aliphatic heterocycles. The Bertz CT molecular complexity index is 252. The maximum atomic E-state index is 11.0. The molecule has 0 saturated carbocycles. The van der Waals surface area contributed by atoms with E-state index in [0.29, 0.717) is 13.0 Å². The summed E-state index contributed by atoms with van der Waals surface area (Å²) >= 11 is 0. The average molecular weight is 217 g/mol. The van der Waals surface area contributed by atoms with Crippen molar-refractivity contribution in [3.05, 3.63) is 0 Å². The molecule has 86 valence electrons. The van der Waals surface area contributed by atoms with Crippen molar-refractivity contribution in [3.63, 3.8) is 0 Å². The van der Waals surface area contributed by atoms with Gasteiger partial charge in [0.05, 0.1) is 6.61 Å². The van der Waals surface area contributed by atoms with Crippen LogP contribution in [0.4, 0.5) is 0 Å². The summed E-state index contributed by atoms with van der Waals surface area (Å²) in [4.78, 5) is 21.9. The van der Waals surface area contributed by atoms with E-state index < -0.39 is 5.91 Å². The number of carbonyl (C=O) groups is 2. The van der Waals surface area contributed by atoms with Gasteiger partial charge in [0.2, 0.25) is 11.9 Å². The molecular weight excluding hydrogens is 202 g/mol. The number of nitrogens with one attached hydrogen (secondary N) is 1. The fraction of sp³-hybridized carbons (Fsp3) is 0.625. The van der Waals surface area contributed by atoms with E-state index in [4.69, 9.17) is 10.9 Å². The molecule has 0 saturated heterocycles. The van der Waals surface area contributed by atoms with Crippen molar-refractivity contribution in [2.24, 2.45) is 10.9 Å². The SMILES string of the molecule is CCOC(=O)CCCC(=O)NC(N)=NO. The monoisotopic (exact) mass is 217 g/mol. The minimum absolute atomic E-state index is 0.120. The van der Waals surface area contributed by atoms with Gasteiger partial charge in [0.25, 0.3) is 0 Å². The molecule has 15 heavy (non-hydrogen) atoms. The van der Waals surface area contributed by atoms with Gasteiger partial charge in [-0.15, -0.1) is 0 Å². The predicted molar refractivity (Wildman–Crippen MR) is 52.0 cm³/mol. The Labute approximate surface area is 87.3 Å². The maximum absolute atomic E-state index is 11.0. The van der Waals surface area contributed by atoms with Gasteiger partial charge in [-0.1, -0.05) is 5.16 Å². The first kappa shape index (κ1) is 13.2. The molecule has 0 radical (unpaired) electrons. The highest BCUT2D eigenvalue weighted by atomic mass is 16.5. The number of ether oxygens (including phenoxy) is 1. The van der Waals surface area contributed by atoms with Crippen LogP contribution in [0, 0.1) is 0 Å². The van der Waals surface area contributed by atoms with Gasteiger partial charge in [0.15, 0.2) is 0 Å². The van der Waals surface area contributed by atoms with Gasteiger partial charge in [-0.25, -0.2) is 0 Å². The first-order chi connectivity index (χ1) is 7.10. The van der Waals surface area contributed by atoms with Crippen molar-refractivity contribution in [1.82, 2.24) is 5.32 Å². The molecule has 0 aliphatic carbocycles. The fourth-order valence-electron chi connectivity index (χ4n) is 0.857. The topological polar surface area (TPSA) is 114 Å². The lowest BCUT2D eigenvalue weighted by Crippen LogP contribution is -2.36. The first-order valence-electron chi connectivity index (χ1n) is 4.53. The third-order valence-electron chi connectivity index (χ3n) is 1.47. The summed E-state index contributed by atoms with van der Waals surface area (Å²) in [5.41, 5.74) is 5.03. The van der Waals surface area contributed by atoms with Crippen molar-refractivity contribution in [3.8, 4) is 0 Å². The lowest BCUT2D eigenvalue weighted by molar-refractivity contribution is -0.143. The van der Waals surface area contributed by atoms with Gasteiger partial charge in [0.1, 0.15) is 0 Å². The van der Waals surface area contributed by atoms with E-state index in [1.54, 1.807) is 6.92 Å². The Kier molecular flexibility index (Phi) is 6.69. The number of rotatable bonds is 5. The summed E-state index contributed by atoms with van der Waals surface area (Å²) in [6.45, 7) is 2.04. The molecular formula is C8H15N3O4. The lowest BCUT2D eigenvalue weighted by Gasteiger charge is -2.02. The van der Waals surface area contributed by atoms with Crippen molar-refractivity contribution in [2.75, 3.05) is 6.61 Å². The molecule has 0 fully saturated rings. The number of carbonyl (C=O) groups excluding carboxylic acids is 2. The Morgan fingerprint density at radius 1 is 1.47 bits per heavy atom. The highest BCUT2D eigenvalue weighted by Crippen LogP contribution is 1.97. The van der Waals surface area contributed by atoms with Crippen LogP contribution in [0.15, 0.2) is 5.16 Å². The van der Waals surface area contributed by atoms with Crippen molar-refractivity contribution in [1.29, 1.82) is 0 Å². The fourth-order valence-corrected chi connectivity index (χ4v) is 0.857.